The minimum absolute atomic E-state index is 0.0731. The Kier molecular flexibility index (Phi) is 14.3. The van der Waals surface area contributed by atoms with Gasteiger partial charge in [-0.05, 0) is 54.8 Å². The molecule has 0 saturated carbocycles. The van der Waals surface area contributed by atoms with Gasteiger partial charge in [0, 0.05) is 36.4 Å². The molecule has 0 amide bonds. The summed E-state index contributed by atoms with van der Waals surface area (Å²) in [6.45, 7) is 1.85. The van der Waals surface area contributed by atoms with Gasteiger partial charge >= 0.3 is 19.2 Å². The Morgan fingerprint density at radius 1 is 0.750 bits per heavy atom. The summed E-state index contributed by atoms with van der Waals surface area (Å²) in [5, 5.41) is 20.3. The minimum atomic E-state index is -4.70. The molecule has 0 aliphatic carbocycles. The van der Waals surface area contributed by atoms with Crippen molar-refractivity contribution in [2.75, 3.05) is 34.0 Å². The number of methoxy groups -OCH3 is 2. The molecule has 2 aromatic heterocycles. The number of nitriles is 1. The third-order valence-corrected chi connectivity index (χ3v) is 12.6. The monoisotopic (exact) mass is 903 g/mol. The molecule has 0 radical (unpaired) electrons. The molecule has 3 N–H and O–H groups in total. The van der Waals surface area contributed by atoms with Crippen molar-refractivity contribution in [1.29, 1.82) is 5.26 Å². The molecule has 338 valence electrons. The molecule has 20 heteroatoms. The normalized spacial score (nSPS) is 21.9. The number of hydrogen-bond donors (Lipinski definition) is 3. The lowest BCUT2D eigenvalue weighted by Crippen LogP contribution is -2.38. The number of hydrogen-bond acceptors (Lipinski definition) is 15. The highest BCUT2D eigenvalue weighted by atomic mass is 31.2. The summed E-state index contributed by atoms with van der Waals surface area (Å²) >= 11 is 0. The van der Waals surface area contributed by atoms with Gasteiger partial charge in [0.25, 0.3) is 11.1 Å². The fourth-order valence-corrected chi connectivity index (χ4v) is 9.08. The van der Waals surface area contributed by atoms with Gasteiger partial charge in [-0.15, -0.1) is 0 Å². The van der Waals surface area contributed by atoms with Gasteiger partial charge in [0.2, 0.25) is 0 Å². The molecule has 64 heavy (non-hydrogen) atoms. The van der Waals surface area contributed by atoms with Crippen LogP contribution in [0.25, 0.3) is 0 Å². The van der Waals surface area contributed by atoms with Gasteiger partial charge in [-0.2, -0.15) is 5.26 Å². The van der Waals surface area contributed by atoms with E-state index in [1.165, 1.54) is 30.8 Å². The maximum Gasteiger partial charge on any atom is 0.475 e. The molecule has 7 atom stereocenters. The molecule has 4 heterocycles. The average Bonchev–Trinajstić information content (AvgIpc) is 3.88. The number of rotatable bonds is 18. The average molecular weight is 904 g/mol. The van der Waals surface area contributed by atoms with E-state index in [4.69, 9.17) is 37.3 Å². The first-order chi connectivity index (χ1) is 30.8. The number of aliphatic hydroxyl groups excluding tert-OH is 1. The number of aromatic nitrogens is 4. The number of ether oxygens (including phenoxy) is 5. The predicted molar refractivity (Wildman–Crippen MR) is 228 cm³/mol. The van der Waals surface area contributed by atoms with E-state index in [9.17, 15) is 34.1 Å². The van der Waals surface area contributed by atoms with Crippen LogP contribution in [-0.2, 0) is 37.9 Å². The second-order valence-electron chi connectivity index (χ2n) is 15.2. The van der Waals surface area contributed by atoms with Gasteiger partial charge in [0.15, 0.2) is 0 Å². The summed E-state index contributed by atoms with van der Waals surface area (Å²) in [5.41, 5.74) is -1.40. The predicted octanol–water partition coefficient (Wildman–Crippen LogP) is 4.11. The molecule has 19 nitrogen and oxygen atoms in total. The zero-order valence-corrected chi connectivity index (χ0v) is 36.3. The van der Waals surface area contributed by atoms with Gasteiger partial charge in [0.05, 0.1) is 52.6 Å². The zero-order valence-electron chi connectivity index (χ0n) is 35.4. The Morgan fingerprint density at radius 2 is 1.27 bits per heavy atom. The number of aliphatic hydroxyl groups is 1. The smallest absolute Gasteiger partial charge is 0.475 e. The van der Waals surface area contributed by atoms with Crippen LogP contribution in [0.1, 0.15) is 59.5 Å². The molecular weight excluding hydrogens is 855 g/mol. The molecule has 2 aliphatic heterocycles. The fourth-order valence-electron chi connectivity index (χ4n) is 7.68. The van der Waals surface area contributed by atoms with E-state index < -0.39 is 79.4 Å². The minimum Gasteiger partial charge on any atom is -0.497 e. The molecule has 2 fully saturated rings. The first-order valence-electron chi connectivity index (χ1n) is 20.3. The highest BCUT2D eigenvalue weighted by Gasteiger charge is 2.47. The lowest BCUT2D eigenvalue weighted by Gasteiger charge is -2.37. The highest BCUT2D eigenvalue weighted by molar-refractivity contribution is 7.48. The number of phosphoric acid groups is 1. The maximum absolute atomic E-state index is 14.7. The Bertz CT molecular complexity index is 2680. The summed E-state index contributed by atoms with van der Waals surface area (Å²) in [7, 11) is -1.58. The second-order valence-corrected chi connectivity index (χ2v) is 16.8. The molecule has 5 aromatic rings. The van der Waals surface area contributed by atoms with Crippen molar-refractivity contribution in [1.82, 2.24) is 19.1 Å². The SMILES string of the molecule is COc1ccc(C(OC[C@H]2O[C@@H](n3cc(C)c(=O)[15nH]c3=O)C[C@@H]2OP(=O)(OCCC#N)OC[C@H]2O[C@@H](n3cc(C)c(=O)[15nH]c3=O)C[C@@H]2O)(c2ccccc2)c2ccc(OC)cc2)cc1. The molecule has 1 unspecified atom stereocenters. The number of nitrogens with one attached hydrogen (secondary N) is 2. The summed E-state index contributed by atoms with van der Waals surface area (Å²) in [4.78, 5) is 54.7. The van der Waals surface area contributed by atoms with E-state index in [1.54, 1.807) is 38.5 Å². The number of aryl methyl sites for hydroxylation is 2. The topological polar surface area (TPSA) is 245 Å². The highest BCUT2D eigenvalue weighted by Crippen LogP contribution is 2.54. The first kappa shape index (κ1) is 46.1. The summed E-state index contributed by atoms with van der Waals surface area (Å²) < 4.78 is 65.3. The number of H-pyrrole nitrogens is 2. The van der Waals surface area contributed by atoms with Crippen LogP contribution in [0.4, 0.5) is 0 Å². The fraction of sp³-hybridized carbons (Fsp3) is 0.386. The van der Waals surface area contributed by atoms with Gasteiger partial charge < -0.3 is 28.8 Å². The van der Waals surface area contributed by atoms with Crippen LogP contribution < -0.4 is 32.0 Å². The van der Waals surface area contributed by atoms with Gasteiger partial charge in [0.1, 0.15) is 47.9 Å². The van der Waals surface area contributed by atoms with Crippen molar-refractivity contribution >= 4 is 7.82 Å². The van der Waals surface area contributed by atoms with E-state index in [2.05, 4.69) is 9.97 Å². The van der Waals surface area contributed by atoms with Crippen molar-refractivity contribution in [2.45, 2.75) is 75.6 Å². The van der Waals surface area contributed by atoms with Crippen molar-refractivity contribution in [3.63, 3.8) is 0 Å². The summed E-state index contributed by atoms with van der Waals surface area (Å²) in [5.74, 6) is 1.22. The number of aromatic amines is 2. The van der Waals surface area contributed by atoms with Crippen LogP contribution in [-0.4, -0.2) is 82.7 Å². The number of nitrogens with zero attached hydrogens (tertiary/aromatic N) is 3. The van der Waals surface area contributed by atoms with E-state index in [0.29, 0.717) is 22.6 Å². The van der Waals surface area contributed by atoms with Crippen LogP contribution in [0, 0.1) is 25.2 Å². The first-order valence-corrected chi connectivity index (χ1v) is 21.8. The Hall–Kier alpha value is -5.94. The van der Waals surface area contributed by atoms with Crippen LogP contribution in [0.2, 0.25) is 0 Å². The van der Waals surface area contributed by atoms with Crippen molar-refractivity contribution in [3.8, 4) is 17.6 Å². The number of phosphoric ester groups is 1. The standard InChI is InChI=1S/C44H48N5O14P/c1-27-23-48(42(53)46-40(27)51)38-21-34(50)36(61-38)26-60-64(55,59-20-8-19-45)63-35-22-39(49-24-28(2)41(52)47-43(49)54)62-37(35)25-58-44(29-9-6-5-7-10-29,30-11-15-32(56-3)16-12-30)31-13-17-33(57-4)18-14-31/h5-7,9-18,23-24,34-39,50H,8,20-22,25-26H2,1-4H3,(H,46,51,53)(H,47,52,54)/t34-,35-,36+,37+,38+,39+,64?/m0/s1/i46+1,47+1. The van der Waals surface area contributed by atoms with E-state index in [0.717, 1.165) is 10.1 Å². The molecule has 7 rings (SSSR count). The van der Waals surface area contributed by atoms with E-state index in [1.807, 2.05) is 60.7 Å². The lowest BCUT2D eigenvalue weighted by atomic mass is 9.80. The van der Waals surface area contributed by atoms with Crippen molar-refractivity contribution < 1.29 is 46.9 Å². The molecule has 0 spiro atoms. The van der Waals surface area contributed by atoms with Crippen LogP contribution in [0.15, 0.2) is 110 Å². The van der Waals surface area contributed by atoms with Crippen LogP contribution in [0.3, 0.4) is 0 Å². The Morgan fingerprint density at radius 3 is 1.80 bits per heavy atom. The van der Waals surface area contributed by atoms with Crippen LogP contribution >= 0.6 is 7.82 Å². The maximum atomic E-state index is 14.7. The molecule has 2 aliphatic rings. The molecular formula is C44H48N5O14P. The Labute approximate surface area is 366 Å². The Balaban J connectivity index is 1.23. The summed E-state index contributed by atoms with van der Waals surface area (Å²) in [6, 6.07) is 26.1. The van der Waals surface area contributed by atoms with Gasteiger partial charge in [-0.3, -0.25) is 42.3 Å². The van der Waals surface area contributed by atoms with Crippen LogP contribution in [0.5, 0.6) is 11.5 Å². The largest absolute Gasteiger partial charge is 0.497 e. The van der Waals surface area contributed by atoms with Gasteiger partial charge in [-0.25, -0.2) is 14.2 Å². The van der Waals surface area contributed by atoms with Crippen molar-refractivity contribution in [2.24, 2.45) is 0 Å². The summed E-state index contributed by atoms with van der Waals surface area (Å²) in [6.07, 6.45) is -4.47. The molecule has 0 bridgehead atoms. The van der Waals surface area contributed by atoms with Gasteiger partial charge in [-0.1, -0.05) is 54.6 Å². The zero-order chi connectivity index (χ0) is 45.6. The van der Waals surface area contributed by atoms with E-state index in [-0.39, 0.29) is 43.6 Å². The lowest BCUT2D eigenvalue weighted by molar-refractivity contribution is -0.0960. The third-order valence-electron chi connectivity index (χ3n) is 11.1. The molecule has 3 aromatic carbocycles. The quantitative estimate of drug-likeness (QED) is 0.0637. The third kappa shape index (κ3) is 9.89. The molecule has 2 saturated heterocycles. The second kappa shape index (κ2) is 19.8. The van der Waals surface area contributed by atoms with E-state index >= 15 is 0 Å². The number of benzene rings is 3. The van der Waals surface area contributed by atoms with Crippen molar-refractivity contribution in [3.05, 3.63) is 161 Å².